The highest BCUT2D eigenvalue weighted by Gasteiger charge is 2.26. The zero-order valence-corrected chi connectivity index (χ0v) is 14.7. The van der Waals surface area contributed by atoms with Crippen LogP contribution in [0.5, 0.6) is 0 Å². The maximum atomic E-state index is 12.8. The number of furan rings is 1. The average molecular weight is 351 g/mol. The van der Waals surface area contributed by atoms with Gasteiger partial charge in [0.1, 0.15) is 11.3 Å². The molecule has 2 aromatic heterocycles. The van der Waals surface area contributed by atoms with Crippen LogP contribution in [0.25, 0.3) is 11.0 Å². The van der Waals surface area contributed by atoms with Crippen molar-refractivity contribution in [3.63, 3.8) is 0 Å². The molecule has 0 aliphatic carbocycles. The zero-order valence-electron chi connectivity index (χ0n) is 14.7. The van der Waals surface area contributed by atoms with E-state index in [9.17, 15) is 9.59 Å². The van der Waals surface area contributed by atoms with Gasteiger partial charge >= 0.3 is 0 Å². The van der Waals surface area contributed by atoms with Gasteiger partial charge in [0.2, 0.25) is 0 Å². The Bertz CT molecular complexity index is 923. The zero-order chi connectivity index (χ0) is 18.1. The first-order valence-electron chi connectivity index (χ1n) is 8.82. The Labute approximate surface area is 151 Å². The summed E-state index contributed by atoms with van der Waals surface area (Å²) < 4.78 is 7.52. The summed E-state index contributed by atoms with van der Waals surface area (Å²) in [6.07, 6.45) is 2.62. The van der Waals surface area contributed by atoms with Gasteiger partial charge in [-0.1, -0.05) is 18.2 Å². The SMILES string of the molecule is Cn1cccc1C(=O)N1CCCN(C(=O)c2cc3ccccc3o2)CC1. The number of nitrogens with zero attached hydrogens (tertiary/aromatic N) is 3. The molecule has 6 heteroatoms. The molecule has 0 bridgehead atoms. The lowest BCUT2D eigenvalue weighted by Crippen LogP contribution is -2.37. The van der Waals surface area contributed by atoms with E-state index < -0.39 is 0 Å². The lowest BCUT2D eigenvalue weighted by Gasteiger charge is -2.21. The third kappa shape index (κ3) is 2.98. The van der Waals surface area contributed by atoms with E-state index in [0.29, 0.717) is 43.2 Å². The predicted molar refractivity (Wildman–Crippen MR) is 98.1 cm³/mol. The van der Waals surface area contributed by atoms with Gasteiger partial charge in [0.05, 0.1) is 0 Å². The molecular weight excluding hydrogens is 330 g/mol. The fraction of sp³-hybridized carbons (Fsp3) is 0.300. The number of benzene rings is 1. The maximum absolute atomic E-state index is 12.8. The Morgan fingerprint density at radius 3 is 2.35 bits per heavy atom. The van der Waals surface area contributed by atoms with E-state index in [1.54, 1.807) is 11.0 Å². The second kappa shape index (κ2) is 6.71. The summed E-state index contributed by atoms with van der Waals surface area (Å²) in [5.74, 6) is 0.248. The molecule has 0 saturated carbocycles. The van der Waals surface area contributed by atoms with Crippen LogP contribution in [0.2, 0.25) is 0 Å². The number of rotatable bonds is 2. The summed E-state index contributed by atoms with van der Waals surface area (Å²) in [5.41, 5.74) is 1.38. The molecule has 134 valence electrons. The molecule has 0 unspecified atom stereocenters. The van der Waals surface area contributed by atoms with Crippen molar-refractivity contribution in [3.05, 3.63) is 60.1 Å². The lowest BCUT2D eigenvalue weighted by atomic mass is 10.2. The molecule has 1 saturated heterocycles. The minimum atomic E-state index is -0.116. The first-order chi connectivity index (χ1) is 12.6. The van der Waals surface area contributed by atoms with Crippen molar-refractivity contribution in [1.29, 1.82) is 0 Å². The van der Waals surface area contributed by atoms with E-state index in [1.165, 1.54) is 0 Å². The Morgan fingerprint density at radius 1 is 0.923 bits per heavy atom. The second-order valence-electron chi connectivity index (χ2n) is 6.59. The van der Waals surface area contributed by atoms with Crippen LogP contribution in [0.3, 0.4) is 0 Å². The van der Waals surface area contributed by atoms with Crippen molar-refractivity contribution >= 4 is 22.8 Å². The monoisotopic (exact) mass is 351 g/mol. The fourth-order valence-electron chi connectivity index (χ4n) is 3.41. The smallest absolute Gasteiger partial charge is 0.289 e. The van der Waals surface area contributed by atoms with Crippen molar-refractivity contribution in [1.82, 2.24) is 14.4 Å². The third-order valence-corrected chi connectivity index (χ3v) is 4.87. The summed E-state index contributed by atoms with van der Waals surface area (Å²) >= 11 is 0. The molecule has 3 aromatic rings. The molecule has 0 N–H and O–H groups in total. The first kappa shape index (κ1) is 16.4. The van der Waals surface area contributed by atoms with Crippen LogP contribution in [-0.4, -0.2) is 52.4 Å². The van der Waals surface area contributed by atoms with Crippen LogP contribution >= 0.6 is 0 Å². The number of amides is 2. The second-order valence-corrected chi connectivity index (χ2v) is 6.59. The first-order valence-corrected chi connectivity index (χ1v) is 8.82. The van der Waals surface area contributed by atoms with E-state index in [-0.39, 0.29) is 11.8 Å². The van der Waals surface area contributed by atoms with Crippen LogP contribution in [0.15, 0.2) is 53.1 Å². The van der Waals surface area contributed by atoms with E-state index in [4.69, 9.17) is 4.42 Å². The minimum absolute atomic E-state index is 0.00976. The van der Waals surface area contributed by atoms with Crippen LogP contribution in [0, 0.1) is 0 Å². The van der Waals surface area contributed by atoms with Crippen molar-refractivity contribution in [3.8, 4) is 0 Å². The standard InChI is InChI=1S/C20H21N3O3/c1-21-9-4-7-16(21)19(24)22-10-5-11-23(13-12-22)20(25)18-14-15-6-2-3-8-17(15)26-18/h2-4,6-9,14H,5,10-13H2,1H3. The number of hydrogen-bond donors (Lipinski definition) is 0. The number of aryl methyl sites for hydroxylation is 1. The molecular formula is C20H21N3O3. The molecule has 2 amide bonds. The largest absolute Gasteiger partial charge is 0.451 e. The summed E-state index contributed by atoms with van der Waals surface area (Å²) in [4.78, 5) is 29.1. The molecule has 1 fully saturated rings. The lowest BCUT2D eigenvalue weighted by molar-refractivity contribution is 0.0698. The summed E-state index contributed by atoms with van der Waals surface area (Å²) in [6.45, 7) is 2.29. The van der Waals surface area contributed by atoms with Gasteiger partial charge in [-0.3, -0.25) is 9.59 Å². The van der Waals surface area contributed by atoms with Crippen molar-refractivity contribution in [2.24, 2.45) is 7.05 Å². The average Bonchev–Trinajstić information content (AvgIpc) is 3.19. The van der Waals surface area contributed by atoms with Crippen molar-refractivity contribution in [2.45, 2.75) is 6.42 Å². The van der Waals surface area contributed by atoms with Crippen LogP contribution in [-0.2, 0) is 7.05 Å². The Balaban J connectivity index is 1.47. The molecule has 1 aliphatic heterocycles. The Hall–Kier alpha value is -3.02. The van der Waals surface area contributed by atoms with Gasteiger partial charge in [0.25, 0.3) is 11.8 Å². The van der Waals surface area contributed by atoms with Gasteiger partial charge in [0.15, 0.2) is 5.76 Å². The Morgan fingerprint density at radius 2 is 1.65 bits per heavy atom. The molecule has 1 aromatic carbocycles. The minimum Gasteiger partial charge on any atom is -0.451 e. The molecule has 6 nitrogen and oxygen atoms in total. The summed E-state index contributed by atoms with van der Waals surface area (Å²) in [7, 11) is 1.86. The molecule has 0 radical (unpaired) electrons. The molecule has 4 rings (SSSR count). The number of fused-ring (bicyclic) bond motifs is 1. The molecule has 3 heterocycles. The van der Waals surface area contributed by atoms with E-state index in [0.717, 1.165) is 11.8 Å². The van der Waals surface area contributed by atoms with E-state index >= 15 is 0 Å². The molecule has 1 aliphatic rings. The Kier molecular flexibility index (Phi) is 4.24. The van der Waals surface area contributed by atoms with Gasteiger partial charge in [-0.2, -0.15) is 0 Å². The molecule has 0 spiro atoms. The number of hydrogen-bond acceptors (Lipinski definition) is 3. The highest BCUT2D eigenvalue weighted by Crippen LogP contribution is 2.21. The highest BCUT2D eigenvalue weighted by atomic mass is 16.3. The van der Waals surface area contributed by atoms with Crippen LogP contribution in [0.4, 0.5) is 0 Å². The highest BCUT2D eigenvalue weighted by molar-refractivity contribution is 5.96. The van der Waals surface area contributed by atoms with E-state index in [2.05, 4.69) is 0 Å². The molecule has 0 atom stereocenters. The van der Waals surface area contributed by atoms with Crippen molar-refractivity contribution in [2.75, 3.05) is 26.2 Å². The van der Waals surface area contributed by atoms with Gasteiger partial charge in [-0.05, 0) is 30.7 Å². The van der Waals surface area contributed by atoms with Gasteiger partial charge in [-0.15, -0.1) is 0 Å². The third-order valence-electron chi connectivity index (χ3n) is 4.87. The maximum Gasteiger partial charge on any atom is 0.289 e. The van der Waals surface area contributed by atoms with Gasteiger partial charge < -0.3 is 18.8 Å². The number of para-hydroxylation sites is 1. The van der Waals surface area contributed by atoms with Crippen LogP contribution in [0.1, 0.15) is 27.5 Å². The van der Waals surface area contributed by atoms with Gasteiger partial charge in [0, 0.05) is 44.8 Å². The number of aromatic nitrogens is 1. The molecule has 26 heavy (non-hydrogen) atoms. The van der Waals surface area contributed by atoms with E-state index in [1.807, 2.05) is 59.1 Å². The van der Waals surface area contributed by atoms with Crippen LogP contribution < -0.4 is 0 Å². The summed E-state index contributed by atoms with van der Waals surface area (Å²) in [6, 6.07) is 13.1. The van der Waals surface area contributed by atoms with Crippen molar-refractivity contribution < 1.29 is 14.0 Å². The number of carbonyl (C=O) groups is 2. The number of carbonyl (C=O) groups excluding carboxylic acids is 2. The topological polar surface area (TPSA) is 58.7 Å². The summed E-state index contributed by atoms with van der Waals surface area (Å²) in [5, 5.41) is 0.922. The fourth-order valence-corrected chi connectivity index (χ4v) is 3.41. The van der Waals surface area contributed by atoms with Gasteiger partial charge in [-0.25, -0.2) is 0 Å². The normalized spacial score (nSPS) is 15.3. The predicted octanol–water partition coefficient (Wildman–Crippen LogP) is 2.76. The quantitative estimate of drug-likeness (QED) is 0.713.